The summed E-state index contributed by atoms with van der Waals surface area (Å²) >= 11 is 0. The second kappa shape index (κ2) is 9.56. The highest BCUT2D eigenvalue weighted by atomic mass is 32.2. The molecule has 3 rings (SSSR count). The monoisotopic (exact) mass is 416 g/mol. The van der Waals surface area contributed by atoms with E-state index in [2.05, 4.69) is 5.32 Å². The first-order chi connectivity index (χ1) is 14.0. The lowest BCUT2D eigenvalue weighted by Crippen LogP contribution is -2.30. The molecule has 0 aliphatic carbocycles. The van der Waals surface area contributed by atoms with Crippen molar-refractivity contribution in [2.75, 3.05) is 29.8 Å². The van der Waals surface area contributed by atoms with Crippen molar-refractivity contribution in [3.8, 4) is 0 Å². The third kappa shape index (κ3) is 5.80. The number of carbonyl (C=O) groups is 2. The van der Waals surface area contributed by atoms with Gasteiger partial charge in [0, 0.05) is 13.1 Å². The molecule has 0 atom stereocenters. The van der Waals surface area contributed by atoms with E-state index in [0.29, 0.717) is 25.2 Å². The van der Waals surface area contributed by atoms with Crippen molar-refractivity contribution in [3.05, 3.63) is 65.7 Å². The highest BCUT2D eigenvalue weighted by molar-refractivity contribution is 7.93. The summed E-state index contributed by atoms with van der Waals surface area (Å²) in [7, 11) is -3.32. The standard InChI is InChI=1S/C21H24N2O5S/c24-20(22-12-5-9-17-7-2-1-3-8-17)16-28-21(25)18-10-4-11-19(15-18)23-13-6-14-29(23,26)27/h1-4,7-8,10-11,15H,5-6,9,12-14,16H2,(H,22,24). The van der Waals surface area contributed by atoms with Crippen molar-refractivity contribution in [3.63, 3.8) is 0 Å². The van der Waals surface area contributed by atoms with E-state index in [1.165, 1.54) is 22.0 Å². The summed E-state index contributed by atoms with van der Waals surface area (Å²) in [5, 5.41) is 2.72. The number of benzene rings is 2. The molecule has 1 saturated heterocycles. The molecule has 29 heavy (non-hydrogen) atoms. The van der Waals surface area contributed by atoms with Crippen molar-refractivity contribution < 1.29 is 22.7 Å². The Morgan fingerprint density at radius 3 is 2.59 bits per heavy atom. The maximum atomic E-state index is 12.2. The summed E-state index contributed by atoms with van der Waals surface area (Å²) < 4.78 is 30.4. The van der Waals surface area contributed by atoms with Crippen LogP contribution in [0.15, 0.2) is 54.6 Å². The van der Waals surface area contributed by atoms with Crippen molar-refractivity contribution in [1.82, 2.24) is 5.32 Å². The van der Waals surface area contributed by atoms with Gasteiger partial charge in [-0.05, 0) is 43.0 Å². The van der Waals surface area contributed by atoms with Gasteiger partial charge >= 0.3 is 5.97 Å². The molecule has 154 valence electrons. The lowest BCUT2D eigenvalue weighted by atomic mass is 10.1. The van der Waals surface area contributed by atoms with Crippen LogP contribution in [0.25, 0.3) is 0 Å². The number of esters is 1. The fraction of sp³-hybridized carbons (Fsp3) is 0.333. The highest BCUT2D eigenvalue weighted by Crippen LogP contribution is 2.24. The summed E-state index contributed by atoms with van der Waals surface area (Å²) in [4.78, 5) is 24.1. The van der Waals surface area contributed by atoms with Gasteiger partial charge in [0.15, 0.2) is 6.61 Å². The fourth-order valence-corrected chi connectivity index (χ4v) is 4.70. The number of carbonyl (C=O) groups excluding carboxylic acids is 2. The molecular formula is C21H24N2O5S. The zero-order valence-corrected chi connectivity index (χ0v) is 16.9. The van der Waals surface area contributed by atoms with Crippen molar-refractivity contribution in [1.29, 1.82) is 0 Å². The van der Waals surface area contributed by atoms with E-state index < -0.39 is 16.0 Å². The summed E-state index contributed by atoms with van der Waals surface area (Å²) in [6.07, 6.45) is 2.20. The quantitative estimate of drug-likeness (QED) is 0.526. The Morgan fingerprint density at radius 2 is 1.86 bits per heavy atom. The van der Waals surface area contributed by atoms with Crippen LogP contribution in [0, 0.1) is 0 Å². The van der Waals surface area contributed by atoms with Gasteiger partial charge in [0.1, 0.15) is 0 Å². The minimum absolute atomic E-state index is 0.103. The topological polar surface area (TPSA) is 92.8 Å². The smallest absolute Gasteiger partial charge is 0.338 e. The minimum Gasteiger partial charge on any atom is -0.452 e. The number of anilines is 1. The van der Waals surface area contributed by atoms with Gasteiger partial charge in [-0.2, -0.15) is 0 Å². The largest absolute Gasteiger partial charge is 0.452 e. The van der Waals surface area contributed by atoms with Gasteiger partial charge in [-0.15, -0.1) is 0 Å². The van der Waals surface area contributed by atoms with Crippen molar-refractivity contribution in [2.24, 2.45) is 0 Å². The number of amides is 1. The Hall–Kier alpha value is -2.87. The van der Waals surface area contributed by atoms with E-state index in [0.717, 1.165) is 12.8 Å². The Labute approximate surface area is 170 Å². The van der Waals surface area contributed by atoms with Gasteiger partial charge in [0.2, 0.25) is 10.0 Å². The van der Waals surface area contributed by atoms with Crippen LogP contribution in [0.2, 0.25) is 0 Å². The number of hydrogen-bond donors (Lipinski definition) is 1. The minimum atomic E-state index is -3.32. The number of aryl methyl sites for hydroxylation is 1. The maximum absolute atomic E-state index is 12.2. The number of sulfonamides is 1. The normalized spacial score (nSPS) is 15.1. The lowest BCUT2D eigenvalue weighted by Gasteiger charge is -2.17. The molecule has 1 N–H and O–H groups in total. The van der Waals surface area contributed by atoms with Crippen LogP contribution in [-0.4, -0.2) is 45.7 Å². The van der Waals surface area contributed by atoms with Gasteiger partial charge in [0.25, 0.3) is 5.91 Å². The van der Waals surface area contributed by atoms with Crippen LogP contribution >= 0.6 is 0 Å². The summed E-state index contributed by atoms with van der Waals surface area (Å²) in [6.45, 7) is 0.510. The highest BCUT2D eigenvalue weighted by Gasteiger charge is 2.28. The van der Waals surface area contributed by atoms with E-state index in [4.69, 9.17) is 4.74 Å². The van der Waals surface area contributed by atoms with Crippen LogP contribution in [0.5, 0.6) is 0 Å². The Kier molecular flexibility index (Phi) is 6.87. The molecule has 2 aromatic rings. The Morgan fingerprint density at radius 1 is 1.07 bits per heavy atom. The van der Waals surface area contributed by atoms with Gasteiger partial charge in [-0.3, -0.25) is 9.10 Å². The SMILES string of the molecule is O=C(COC(=O)c1cccc(N2CCCS2(=O)=O)c1)NCCCc1ccccc1. The summed E-state index contributed by atoms with van der Waals surface area (Å²) in [6, 6.07) is 16.2. The molecule has 0 unspecified atom stereocenters. The molecule has 0 aromatic heterocycles. The Balaban J connectivity index is 1.44. The van der Waals surface area contributed by atoms with Gasteiger partial charge in [-0.25, -0.2) is 13.2 Å². The van der Waals surface area contributed by atoms with E-state index in [1.54, 1.807) is 12.1 Å². The van der Waals surface area contributed by atoms with Crippen LogP contribution in [0.1, 0.15) is 28.8 Å². The van der Waals surface area contributed by atoms with Crippen LogP contribution in [0.3, 0.4) is 0 Å². The molecule has 1 fully saturated rings. The zero-order chi connectivity index (χ0) is 20.7. The first-order valence-electron chi connectivity index (χ1n) is 9.54. The molecule has 1 heterocycles. The number of rotatable bonds is 8. The first kappa shape index (κ1) is 20.9. The third-order valence-electron chi connectivity index (χ3n) is 4.61. The molecule has 0 saturated carbocycles. The summed E-state index contributed by atoms with van der Waals surface area (Å²) in [5.74, 6) is -0.931. The molecule has 8 heteroatoms. The van der Waals surface area contributed by atoms with Crippen molar-refractivity contribution >= 4 is 27.6 Å². The molecular weight excluding hydrogens is 392 g/mol. The lowest BCUT2D eigenvalue weighted by molar-refractivity contribution is -0.124. The molecule has 1 aliphatic heterocycles. The molecule has 2 aromatic carbocycles. The second-order valence-corrected chi connectivity index (χ2v) is 8.82. The maximum Gasteiger partial charge on any atom is 0.338 e. The zero-order valence-electron chi connectivity index (χ0n) is 16.0. The second-order valence-electron chi connectivity index (χ2n) is 6.81. The van der Waals surface area contributed by atoms with E-state index >= 15 is 0 Å². The van der Waals surface area contributed by atoms with E-state index in [1.807, 2.05) is 30.3 Å². The van der Waals surface area contributed by atoms with Crippen molar-refractivity contribution in [2.45, 2.75) is 19.3 Å². The van der Waals surface area contributed by atoms with Gasteiger partial charge in [-0.1, -0.05) is 36.4 Å². The number of hydrogen-bond acceptors (Lipinski definition) is 5. The van der Waals surface area contributed by atoms with Crippen LogP contribution in [0.4, 0.5) is 5.69 Å². The molecule has 7 nitrogen and oxygen atoms in total. The molecule has 1 aliphatic rings. The molecule has 0 bridgehead atoms. The predicted octanol–water partition coefficient (Wildman–Crippen LogP) is 2.13. The molecule has 0 radical (unpaired) electrons. The van der Waals surface area contributed by atoms with Gasteiger partial charge < -0.3 is 10.1 Å². The number of nitrogens with one attached hydrogen (secondary N) is 1. The van der Waals surface area contributed by atoms with E-state index in [9.17, 15) is 18.0 Å². The fourth-order valence-electron chi connectivity index (χ4n) is 3.15. The number of ether oxygens (including phenoxy) is 1. The predicted molar refractivity (Wildman–Crippen MR) is 110 cm³/mol. The Bertz CT molecular complexity index is 960. The average molecular weight is 416 g/mol. The summed E-state index contributed by atoms with van der Waals surface area (Å²) in [5.41, 5.74) is 1.84. The van der Waals surface area contributed by atoms with Crippen LogP contribution in [-0.2, 0) is 26.0 Å². The van der Waals surface area contributed by atoms with Gasteiger partial charge in [0.05, 0.1) is 17.0 Å². The number of nitrogens with zero attached hydrogens (tertiary/aromatic N) is 1. The van der Waals surface area contributed by atoms with E-state index in [-0.39, 0.29) is 23.8 Å². The van der Waals surface area contributed by atoms with Crippen LogP contribution < -0.4 is 9.62 Å². The molecule has 0 spiro atoms. The third-order valence-corrected chi connectivity index (χ3v) is 6.48. The average Bonchev–Trinajstić information content (AvgIpc) is 3.09. The first-order valence-corrected chi connectivity index (χ1v) is 11.1. The molecule has 1 amide bonds.